The lowest BCUT2D eigenvalue weighted by atomic mass is 9.88. The number of ketones is 1. The van der Waals surface area contributed by atoms with Crippen molar-refractivity contribution in [2.45, 2.75) is 18.9 Å². The second kappa shape index (κ2) is 5.50. The van der Waals surface area contributed by atoms with Crippen molar-refractivity contribution in [1.82, 2.24) is 4.90 Å². The van der Waals surface area contributed by atoms with E-state index in [-0.39, 0.29) is 24.7 Å². The number of methoxy groups -OCH3 is 1. The van der Waals surface area contributed by atoms with Gasteiger partial charge in [0, 0.05) is 18.5 Å². The monoisotopic (exact) mass is 311 g/mol. The van der Waals surface area contributed by atoms with E-state index in [1.54, 1.807) is 43.3 Å². The highest BCUT2D eigenvalue weighted by atomic mass is 16.5. The average Bonchev–Trinajstić information content (AvgIpc) is 2.92. The molecule has 1 aromatic carbocycles. The van der Waals surface area contributed by atoms with Crippen molar-refractivity contribution in [3.05, 3.63) is 59.2 Å². The Balaban J connectivity index is 2.06. The number of ether oxygens (including phenoxy) is 1. The van der Waals surface area contributed by atoms with E-state index in [1.807, 2.05) is 6.07 Å². The Kier molecular flexibility index (Phi) is 3.64. The van der Waals surface area contributed by atoms with Gasteiger partial charge in [0.05, 0.1) is 7.11 Å². The maximum absolute atomic E-state index is 12.9. The van der Waals surface area contributed by atoms with Gasteiger partial charge >= 0.3 is 5.97 Å². The highest BCUT2D eigenvalue weighted by Gasteiger charge is 2.46. The summed E-state index contributed by atoms with van der Waals surface area (Å²) < 4.78 is 4.90. The number of rotatable bonds is 2. The maximum atomic E-state index is 12.9. The van der Waals surface area contributed by atoms with Gasteiger partial charge in [0.15, 0.2) is 11.3 Å². The fourth-order valence-corrected chi connectivity index (χ4v) is 3.08. The van der Waals surface area contributed by atoms with E-state index >= 15 is 0 Å². The number of fused-ring (bicyclic) bond motifs is 1. The molecule has 5 heteroatoms. The second-order valence-electron chi connectivity index (χ2n) is 5.88. The van der Waals surface area contributed by atoms with Gasteiger partial charge in [-0.15, -0.1) is 0 Å². The van der Waals surface area contributed by atoms with Crippen LogP contribution in [0.1, 0.15) is 23.7 Å². The summed E-state index contributed by atoms with van der Waals surface area (Å²) in [5.74, 6) is -0.797. The van der Waals surface area contributed by atoms with Gasteiger partial charge in [0.2, 0.25) is 0 Å². The molecule has 1 aromatic rings. The first-order chi connectivity index (χ1) is 11.0. The lowest BCUT2D eigenvalue weighted by Gasteiger charge is -2.41. The van der Waals surface area contributed by atoms with Crippen LogP contribution in [0.3, 0.4) is 0 Å². The van der Waals surface area contributed by atoms with E-state index in [0.717, 1.165) is 11.1 Å². The Morgan fingerprint density at radius 2 is 1.87 bits per heavy atom. The van der Waals surface area contributed by atoms with Crippen LogP contribution in [0.5, 0.6) is 0 Å². The van der Waals surface area contributed by atoms with Crippen LogP contribution in [0, 0.1) is 0 Å². The Labute approximate surface area is 134 Å². The summed E-state index contributed by atoms with van der Waals surface area (Å²) in [6.07, 6.45) is 3.50. The molecule has 1 amide bonds. The van der Waals surface area contributed by atoms with Crippen LogP contribution in [0.2, 0.25) is 0 Å². The number of benzene rings is 1. The smallest absolute Gasteiger partial charge is 0.335 e. The summed E-state index contributed by atoms with van der Waals surface area (Å²) in [6, 6.07) is 8.77. The number of hydrogen-bond donors (Lipinski definition) is 0. The van der Waals surface area contributed by atoms with Crippen LogP contribution in [0.15, 0.2) is 53.6 Å². The van der Waals surface area contributed by atoms with Gasteiger partial charge in [-0.25, -0.2) is 4.79 Å². The first-order valence-corrected chi connectivity index (χ1v) is 7.36. The number of amides is 1. The minimum atomic E-state index is -1.22. The standard InChI is InChI=1S/C18H17NO4/c1-18(17(22)23-2)10-13-8-15(20)9-14(13)11-19(18)16(21)12-6-4-3-5-7-12/h3-7,9-10H,8,11H2,1-2H3. The molecule has 0 radical (unpaired) electrons. The van der Waals surface area contributed by atoms with Crippen molar-refractivity contribution in [3.8, 4) is 0 Å². The van der Waals surface area contributed by atoms with E-state index in [9.17, 15) is 14.4 Å². The van der Waals surface area contributed by atoms with Crippen LogP contribution in [0.25, 0.3) is 0 Å². The lowest BCUT2D eigenvalue weighted by Crippen LogP contribution is -2.57. The molecular formula is C18H17NO4. The van der Waals surface area contributed by atoms with E-state index < -0.39 is 11.5 Å². The van der Waals surface area contributed by atoms with Crippen molar-refractivity contribution in [2.24, 2.45) is 0 Å². The molecule has 118 valence electrons. The van der Waals surface area contributed by atoms with Crippen LogP contribution in [-0.4, -0.2) is 41.8 Å². The highest BCUT2D eigenvalue weighted by Crippen LogP contribution is 2.36. The van der Waals surface area contributed by atoms with Gasteiger partial charge in [-0.3, -0.25) is 9.59 Å². The molecule has 1 atom stereocenters. The molecule has 0 aromatic heterocycles. The molecule has 1 unspecified atom stereocenters. The number of carbonyl (C=O) groups excluding carboxylic acids is 3. The molecule has 0 fully saturated rings. The van der Waals surface area contributed by atoms with Crippen LogP contribution >= 0.6 is 0 Å². The zero-order chi connectivity index (χ0) is 16.6. The summed E-state index contributed by atoms with van der Waals surface area (Å²) in [4.78, 5) is 38.4. The normalized spacial score (nSPS) is 23.0. The van der Waals surface area contributed by atoms with E-state index in [4.69, 9.17) is 4.74 Å². The van der Waals surface area contributed by atoms with Gasteiger partial charge in [0.1, 0.15) is 0 Å². The first-order valence-electron chi connectivity index (χ1n) is 7.36. The minimum Gasteiger partial charge on any atom is -0.467 e. The summed E-state index contributed by atoms with van der Waals surface area (Å²) in [6.45, 7) is 1.86. The number of esters is 1. The van der Waals surface area contributed by atoms with Crippen LogP contribution in [0.4, 0.5) is 0 Å². The largest absolute Gasteiger partial charge is 0.467 e. The van der Waals surface area contributed by atoms with Gasteiger partial charge in [0.25, 0.3) is 5.91 Å². The quantitative estimate of drug-likeness (QED) is 0.783. The Hall–Kier alpha value is -2.69. The van der Waals surface area contributed by atoms with E-state index in [0.29, 0.717) is 5.56 Å². The summed E-state index contributed by atoms with van der Waals surface area (Å²) in [5.41, 5.74) is 0.865. The van der Waals surface area contributed by atoms with E-state index in [1.165, 1.54) is 12.0 Å². The zero-order valence-electron chi connectivity index (χ0n) is 13.0. The molecule has 0 saturated carbocycles. The average molecular weight is 311 g/mol. The molecule has 0 spiro atoms. The number of hydrogen-bond acceptors (Lipinski definition) is 4. The van der Waals surface area contributed by atoms with Gasteiger partial charge in [-0.05, 0) is 42.4 Å². The van der Waals surface area contributed by atoms with Crippen molar-refractivity contribution >= 4 is 17.7 Å². The SMILES string of the molecule is COC(=O)C1(C)C=C2CC(=O)C=C2CN1C(=O)c1ccccc1. The van der Waals surface area contributed by atoms with Crippen molar-refractivity contribution < 1.29 is 19.1 Å². The molecule has 0 N–H and O–H groups in total. The molecule has 2 aliphatic rings. The number of nitrogens with zero attached hydrogens (tertiary/aromatic N) is 1. The molecule has 1 heterocycles. The number of allylic oxidation sites excluding steroid dienone is 1. The zero-order valence-corrected chi connectivity index (χ0v) is 13.0. The van der Waals surface area contributed by atoms with Crippen molar-refractivity contribution in [3.63, 3.8) is 0 Å². The lowest BCUT2D eigenvalue weighted by molar-refractivity contribution is -0.149. The molecule has 0 bridgehead atoms. The fraction of sp³-hybridized carbons (Fsp3) is 0.278. The first kappa shape index (κ1) is 15.2. The third-order valence-electron chi connectivity index (χ3n) is 4.32. The van der Waals surface area contributed by atoms with Crippen molar-refractivity contribution in [2.75, 3.05) is 13.7 Å². The van der Waals surface area contributed by atoms with Crippen LogP contribution in [-0.2, 0) is 14.3 Å². The number of carbonyl (C=O) groups is 3. The Morgan fingerprint density at radius 3 is 2.52 bits per heavy atom. The van der Waals surface area contributed by atoms with Gasteiger partial charge in [-0.2, -0.15) is 0 Å². The summed E-state index contributed by atoms with van der Waals surface area (Å²) in [5, 5.41) is 0. The van der Waals surface area contributed by atoms with Gasteiger partial charge < -0.3 is 9.64 Å². The molecule has 1 aliphatic carbocycles. The minimum absolute atomic E-state index is 0.00697. The molecular weight excluding hydrogens is 294 g/mol. The predicted molar refractivity (Wildman–Crippen MR) is 83.7 cm³/mol. The third kappa shape index (κ3) is 2.48. The topological polar surface area (TPSA) is 63.7 Å². The molecule has 0 saturated heterocycles. The molecule has 1 aliphatic heterocycles. The fourth-order valence-electron chi connectivity index (χ4n) is 3.08. The molecule has 3 rings (SSSR count). The Morgan fingerprint density at radius 1 is 1.17 bits per heavy atom. The van der Waals surface area contributed by atoms with Gasteiger partial charge in [-0.1, -0.05) is 18.2 Å². The van der Waals surface area contributed by atoms with Crippen molar-refractivity contribution in [1.29, 1.82) is 0 Å². The van der Waals surface area contributed by atoms with E-state index in [2.05, 4.69) is 0 Å². The third-order valence-corrected chi connectivity index (χ3v) is 4.32. The highest BCUT2D eigenvalue weighted by molar-refractivity contribution is 6.02. The summed E-state index contributed by atoms with van der Waals surface area (Å²) in [7, 11) is 1.29. The maximum Gasteiger partial charge on any atom is 0.335 e. The molecule has 5 nitrogen and oxygen atoms in total. The predicted octanol–water partition coefficient (Wildman–Crippen LogP) is 1.90. The summed E-state index contributed by atoms with van der Waals surface area (Å²) >= 11 is 0. The van der Waals surface area contributed by atoms with Crippen LogP contribution < -0.4 is 0 Å². The molecule has 23 heavy (non-hydrogen) atoms. The second-order valence-corrected chi connectivity index (χ2v) is 5.88. The Bertz CT molecular complexity index is 748.